The van der Waals surface area contributed by atoms with E-state index in [0.717, 1.165) is 5.56 Å². The van der Waals surface area contributed by atoms with Crippen LogP contribution in [0.3, 0.4) is 0 Å². The predicted octanol–water partition coefficient (Wildman–Crippen LogP) is 2.20. The minimum absolute atomic E-state index is 0.0402. The summed E-state index contributed by atoms with van der Waals surface area (Å²) in [5.74, 6) is 0.567. The van der Waals surface area contributed by atoms with Gasteiger partial charge in [0.05, 0.1) is 5.56 Å². The number of aromatic nitrogens is 3. The number of phenols is 2. The van der Waals surface area contributed by atoms with Crippen molar-refractivity contribution in [3.05, 3.63) is 48.5 Å². The van der Waals surface area contributed by atoms with Crippen LogP contribution in [0.1, 0.15) is 0 Å². The van der Waals surface area contributed by atoms with Gasteiger partial charge < -0.3 is 15.9 Å². The summed E-state index contributed by atoms with van der Waals surface area (Å²) in [6.07, 6.45) is 0. The van der Waals surface area contributed by atoms with E-state index in [4.69, 9.17) is 5.73 Å². The summed E-state index contributed by atoms with van der Waals surface area (Å²) in [5.41, 5.74) is 6.89. The van der Waals surface area contributed by atoms with Crippen molar-refractivity contribution in [3.63, 3.8) is 0 Å². The van der Waals surface area contributed by atoms with Crippen LogP contribution in [-0.2, 0) is 0 Å². The highest BCUT2D eigenvalue weighted by atomic mass is 16.3. The van der Waals surface area contributed by atoms with Crippen LogP contribution < -0.4 is 5.73 Å². The van der Waals surface area contributed by atoms with Gasteiger partial charge in [-0.25, -0.2) is 4.98 Å². The Hall–Kier alpha value is -3.15. The van der Waals surface area contributed by atoms with Gasteiger partial charge in [0.2, 0.25) is 5.95 Å². The molecule has 0 aliphatic rings. The number of nitrogen functional groups attached to an aromatic ring is 1. The van der Waals surface area contributed by atoms with E-state index in [1.54, 1.807) is 0 Å². The molecule has 6 heteroatoms. The average Bonchev–Trinajstić information content (AvgIpc) is 2.47. The number of aromatic hydroxyl groups is 2. The highest BCUT2D eigenvalue weighted by molar-refractivity contribution is 5.68. The zero-order chi connectivity index (χ0) is 14.8. The summed E-state index contributed by atoms with van der Waals surface area (Å²) >= 11 is 0. The molecule has 0 fully saturated rings. The van der Waals surface area contributed by atoms with Crippen LogP contribution in [0.4, 0.5) is 5.95 Å². The Morgan fingerprint density at radius 3 is 2.24 bits per heavy atom. The van der Waals surface area contributed by atoms with Gasteiger partial charge in [-0.2, -0.15) is 9.97 Å². The first-order valence-corrected chi connectivity index (χ1v) is 6.23. The van der Waals surface area contributed by atoms with Crippen LogP contribution in [-0.4, -0.2) is 25.2 Å². The number of hydrogen-bond donors (Lipinski definition) is 3. The summed E-state index contributed by atoms with van der Waals surface area (Å²) in [7, 11) is 0. The molecule has 3 aromatic rings. The number of hydrogen-bond acceptors (Lipinski definition) is 6. The van der Waals surface area contributed by atoms with E-state index < -0.39 is 0 Å². The Kier molecular flexibility index (Phi) is 3.12. The maximum Gasteiger partial charge on any atom is 0.224 e. The highest BCUT2D eigenvalue weighted by Crippen LogP contribution is 2.30. The molecule has 3 rings (SSSR count). The summed E-state index contributed by atoms with van der Waals surface area (Å²) in [4.78, 5) is 12.5. The predicted molar refractivity (Wildman–Crippen MR) is 78.4 cm³/mol. The zero-order valence-electron chi connectivity index (χ0n) is 10.9. The lowest BCUT2D eigenvalue weighted by atomic mass is 10.1. The maximum absolute atomic E-state index is 9.90. The average molecular weight is 280 g/mol. The number of benzene rings is 2. The third-order valence-electron chi connectivity index (χ3n) is 2.91. The van der Waals surface area contributed by atoms with Crippen molar-refractivity contribution >= 4 is 5.95 Å². The molecule has 0 unspecified atom stereocenters. The molecule has 0 bridgehead atoms. The number of rotatable bonds is 2. The van der Waals surface area contributed by atoms with Crippen molar-refractivity contribution in [3.8, 4) is 34.3 Å². The van der Waals surface area contributed by atoms with Gasteiger partial charge in [0.1, 0.15) is 11.5 Å². The fourth-order valence-electron chi connectivity index (χ4n) is 1.94. The van der Waals surface area contributed by atoms with Gasteiger partial charge in [-0.3, -0.25) is 0 Å². The van der Waals surface area contributed by atoms with Crippen molar-refractivity contribution in [2.24, 2.45) is 0 Å². The van der Waals surface area contributed by atoms with E-state index in [2.05, 4.69) is 15.0 Å². The smallest absolute Gasteiger partial charge is 0.224 e. The van der Waals surface area contributed by atoms with Gasteiger partial charge >= 0.3 is 0 Å². The second kappa shape index (κ2) is 5.09. The molecule has 0 atom stereocenters. The molecule has 0 saturated heterocycles. The Balaban J connectivity index is 2.14. The number of anilines is 1. The molecule has 1 aromatic heterocycles. The Morgan fingerprint density at radius 1 is 0.810 bits per heavy atom. The van der Waals surface area contributed by atoms with Gasteiger partial charge in [0, 0.05) is 11.6 Å². The molecule has 104 valence electrons. The molecule has 0 saturated carbocycles. The number of nitrogens with two attached hydrogens (primary N) is 1. The molecule has 0 aliphatic carbocycles. The van der Waals surface area contributed by atoms with Crippen LogP contribution in [0.2, 0.25) is 0 Å². The van der Waals surface area contributed by atoms with Crippen LogP contribution in [0.15, 0.2) is 48.5 Å². The molecule has 2 aromatic carbocycles. The molecule has 6 nitrogen and oxygen atoms in total. The standard InChI is InChI=1S/C15H12N4O2/c16-15-18-13(9-4-2-1-3-5-9)17-14(19-15)11-7-6-10(20)8-12(11)21/h1-8,20-21H,(H2,16,17,18,19). The highest BCUT2D eigenvalue weighted by Gasteiger charge is 2.12. The normalized spacial score (nSPS) is 10.5. The summed E-state index contributed by atoms with van der Waals surface area (Å²) in [6, 6.07) is 13.5. The van der Waals surface area contributed by atoms with E-state index in [1.807, 2.05) is 30.3 Å². The third kappa shape index (κ3) is 2.59. The molecule has 0 aliphatic heterocycles. The van der Waals surface area contributed by atoms with Gasteiger partial charge in [0.25, 0.3) is 0 Å². The van der Waals surface area contributed by atoms with E-state index in [-0.39, 0.29) is 23.3 Å². The molecule has 4 N–H and O–H groups in total. The van der Waals surface area contributed by atoms with Crippen LogP contribution in [0, 0.1) is 0 Å². The van der Waals surface area contributed by atoms with Crippen molar-refractivity contribution < 1.29 is 10.2 Å². The molecule has 0 spiro atoms. The topological polar surface area (TPSA) is 105 Å². The molecule has 0 amide bonds. The van der Waals surface area contributed by atoms with E-state index in [1.165, 1.54) is 18.2 Å². The molecular weight excluding hydrogens is 268 g/mol. The molecule has 0 radical (unpaired) electrons. The van der Waals surface area contributed by atoms with Crippen molar-refractivity contribution in [1.29, 1.82) is 0 Å². The van der Waals surface area contributed by atoms with Crippen LogP contribution >= 0.6 is 0 Å². The summed E-state index contributed by atoms with van der Waals surface area (Å²) in [6.45, 7) is 0. The Labute approximate surface area is 120 Å². The SMILES string of the molecule is Nc1nc(-c2ccccc2)nc(-c2ccc(O)cc2O)n1. The summed E-state index contributed by atoms with van der Waals surface area (Å²) < 4.78 is 0. The lowest BCUT2D eigenvalue weighted by Crippen LogP contribution is -2.02. The minimum atomic E-state index is -0.125. The largest absolute Gasteiger partial charge is 0.508 e. The first kappa shape index (κ1) is 12.9. The summed E-state index contributed by atoms with van der Waals surface area (Å²) in [5, 5.41) is 19.2. The monoisotopic (exact) mass is 280 g/mol. The van der Waals surface area contributed by atoms with Crippen LogP contribution in [0.5, 0.6) is 11.5 Å². The van der Waals surface area contributed by atoms with Crippen molar-refractivity contribution in [1.82, 2.24) is 15.0 Å². The first-order chi connectivity index (χ1) is 10.1. The van der Waals surface area contributed by atoms with E-state index >= 15 is 0 Å². The quantitative estimate of drug-likeness (QED) is 0.664. The lowest BCUT2D eigenvalue weighted by molar-refractivity contribution is 0.451. The van der Waals surface area contributed by atoms with Gasteiger partial charge in [-0.1, -0.05) is 30.3 Å². The van der Waals surface area contributed by atoms with Gasteiger partial charge in [0.15, 0.2) is 11.6 Å². The minimum Gasteiger partial charge on any atom is -0.508 e. The lowest BCUT2D eigenvalue weighted by Gasteiger charge is -2.07. The van der Waals surface area contributed by atoms with Crippen molar-refractivity contribution in [2.45, 2.75) is 0 Å². The first-order valence-electron chi connectivity index (χ1n) is 6.23. The molecular formula is C15H12N4O2. The Morgan fingerprint density at radius 2 is 1.52 bits per heavy atom. The third-order valence-corrected chi connectivity index (χ3v) is 2.91. The Bertz CT molecular complexity index is 791. The fourth-order valence-corrected chi connectivity index (χ4v) is 1.94. The van der Waals surface area contributed by atoms with Gasteiger partial charge in [-0.05, 0) is 12.1 Å². The fraction of sp³-hybridized carbons (Fsp3) is 0. The van der Waals surface area contributed by atoms with E-state index in [0.29, 0.717) is 11.4 Å². The number of phenolic OH excluding ortho intramolecular Hbond substituents is 2. The van der Waals surface area contributed by atoms with Crippen LogP contribution in [0.25, 0.3) is 22.8 Å². The molecule has 21 heavy (non-hydrogen) atoms. The molecule has 1 heterocycles. The maximum atomic E-state index is 9.90. The zero-order valence-corrected chi connectivity index (χ0v) is 10.9. The van der Waals surface area contributed by atoms with E-state index in [9.17, 15) is 10.2 Å². The number of nitrogens with zero attached hydrogens (tertiary/aromatic N) is 3. The van der Waals surface area contributed by atoms with Crippen molar-refractivity contribution in [2.75, 3.05) is 5.73 Å². The van der Waals surface area contributed by atoms with Gasteiger partial charge in [-0.15, -0.1) is 0 Å². The second-order valence-corrected chi connectivity index (χ2v) is 4.41. The second-order valence-electron chi connectivity index (χ2n) is 4.41.